The minimum Gasteiger partial charge on any atom is -0.0813 e. The van der Waals surface area contributed by atoms with E-state index in [1.165, 1.54) is 37.7 Å². The molecule has 0 aromatic heterocycles. The molecule has 1 aliphatic rings. The van der Waals surface area contributed by atoms with Crippen molar-refractivity contribution >= 4 is 0 Å². The number of hydrogen-bond acceptors (Lipinski definition) is 0. The van der Waals surface area contributed by atoms with Crippen molar-refractivity contribution in [3.8, 4) is 0 Å². The van der Waals surface area contributed by atoms with Gasteiger partial charge < -0.3 is 0 Å². The number of rotatable bonds is 1. The van der Waals surface area contributed by atoms with Crippen LogP contribution in [-0.2, 0) is 0 Å². The van der Waals surface area contributed by atoms with E-state index in [1.54, 1.807) is 6.08 Å². The summed E-state index contributed by atoms with van der Waals surface area (Å²) < 4.78 is 0. The van der Waals surface area contributed by atoms with Crippen LogP contribution < -0.4 is 0 Å². The topological polar surface area (TPSA) is 0 Å². The van der Waals surface area contributed by atoms with Crippen LogP contribution in [0.1, 0.15) is 32.1 Å². The summed E-state index contributed by atoms with van der Waals surface area (Å²) in [4.78, 5) is 0. The fourth-order valence-electron chi connectivity index (χ4n) is 1.19. The average molecular weight is 121 g/mol. The van der Waals surface area contributed by atoms with Gasteiger partial charge in [0.05, 0.1) is 0 Å². The fraction of sp³-hybridized carbons (Fsp3) is 0.556. The number of allylic oxidation sites excluding steroid dienone is 3. The first-order chi connectivity index (χ1) is 4.43. The molecule has 0 atom stereocenters. The Morgan fingerprint density at radius 1 is 1.33 bits per heavy atom. The summed E-state index contributed by atoms with van der Waals surface area (Å²) in [5, 5.41) is 0. The zero-order valence-corrected chi connectivity index (χ0v) is 5.77. The van der Waals surface area contributed by atoms with Crippen LogP contribution in [0.4, 0.5) is 0 Å². The molecule has 0 heterocycles. The quantitative estimate of drug-likeness (QED) is 0.500. The van der Waals surface area contributed by atoms with Crippen LogP contribution in [0.15, 0.2) is 17.7 Å². The smallest absolute Gasteiger partial charge is 0.0282 e. The highest BCUT2D eigenvalue weighted by Crippen LogP contribution is 2.16. The summed E-state index contributed by atoms with van der Waals surface area (Å²) >= 11 is 0. The van der Waals surface area contributed by atoms with E-state index in [0.717, 1.165) is 0 Å². The van der Waals surface area contributed by atoms with Crippen LogP contribution in [0.5, 0.6) is 0 Å². The molecule has 0 bridgehead atoms. The molecular weight excluding hydrogens is 108 g/mol. The van der Waals surface area contributed by atoms with Crippen LogP contribution >= 0.6 is 0 Å². The van der Waals surface area contributed by atoms with Crippen molar-refractivity contribution in [3.05, 3.63) is 24.3 Å². The third-order valence-corrected chi connectivity index (χ3v) is 1.79. The minimum atomic E-state index is 1.19. The van der Waals surface area contributed by atoms with Gasteiger partial charge >= 0.3 is 0 Å². The highest BCUT2D eigenvalue weighted by Gasteiger charge is 1.97. The summed E-state index contributed by atoms with van der Waals surface area (Å²) in [7, 11) is 0. The molecule has 0 spiro atoms. The Balaban J connectivity index is 2.46. The first-order valence-electron chi connectivity index (χ1n) is 3.67. The van der Waals surface area contributed by atoms with Gasteiger partial charge in [-0.2, -0.15) is 0 Å². The molecule has 0 N–H and O–H groups in total. The van der Waals surface area contributed by atoms with Gasteiger partial charge in [-0.3, -0.25) is 0 Å². The van der Waals surface area contributed by atoms with Crippen molar-refractivity contribution in [1.29, 1.82) is 0 Å². The molecular formula is C9H13. The van der Waals surface area contributed by atoms with Crippen molar-refractivity contribution < 1.29 is 0 Å². The zero-order valence-electron chi connectivity index (χ0n) is 5.77. The van der Waals surface area contributed by atoms with Crippen molar-refractivity contribution in [2.24, 2.45) is 0 Å². The van der Waals surface area contributed by atoms with Gasteiger partial charge in [-0.1, -0.05) is 30.7 Å². The Hall–Kier alpha value is -0.520. The van der Waals surface area contributed by atoms with Crippen LogP contribution in [0.3, 0.4) is 0 Å². The monoisotopic (exact) mass is 121 g/mol. The molecule has 0 amide bonds. The maximum Gasteiger partial charge on any atom is -0.0282 e. The van der Waals surface area contributed by atoms with E-state index in [-0.39, 0.29) is 0 Å². The van der Waals surface area contributed by atoms with E-state index in [9.17, 15) is 0 Å². The van der Waals surface area contributed by atoms with Gasteiger partial charge in [-0.25, -0.2) is 0 Å². The van der Waals surface area contributed by atoms with Gasteiger partial charge in [0.25, 0.3) is 0 Å². The van der Waals surface area contributed by atoms with Crippen LogP contribution in [-0.4, -0.2) is 0 Å². The van der Waals surface area contributed by atoms with E-state index in [2.05, 4.69) is 6.08 Å². The Labute approximate surface area is 57.3 Å². The van der Waals surface area contributed by atoms with E-state index in [0.29, 0.717) is 0 Å². The second-order valence-electron chi connectivity index (χ2n) is 2.55. The third kappa shape index (κ3) is 2.05. The molecule has 0 saturated carbocycles. The largest absolute Gasteiger partial charge is 0.0813 e. The van der Waals surface area contributed by atoms with Crippen LogP contribution in [0.25, 0.3) is 0 Å². The molecule has 1 radical (unpaired) electrons. The molecule has 0 saturated heterocycles. The maximum absolute atomic E-state index is 5.38. The number of hydrogen-bond donors (Lipinski definition) is 0. The molecule has 49 valence electrons. The van der Waals surface area contributed by atoms with E-state index >= 15 is 0 Å². The maximum atomic E-state index is 5.38. The van der Waals surface area contributed by atoms with Crippen molar-refractivity contribution in [1.82, 2.24) is 0 Å². The van der Waals surface area contributed by atoms with Crippen molar-refractivity contribution in [2.75, 3.05) is 0 Å². The zero-order chi connectivity index (χ0) is 6.53. The SMILES string of the molecule is [CH]=CC1=CCCCCC1. The lowest BCUT2D eigenvalue weighted by molar-refractivity contribution is 0.714. The summed E-state index contributed by atoms with van der Waals surface area (Å²) in [6.07, 6.45) is 10.4. The van der Waals surface area contributed by atoms with E-state index in [4.69, 9.17) is 6.58 Å². The standard InChI is InChI=1S/C9H13/c1-2-9-7-5-3-4-6-8-9/h1-2,7H,3-6,8H2. The van der Waals surface area contributed by atoms with Gasteiger partial charge in [0, 0.05) is 0 Å². The molecule has 0 nitrogen and oxygen atoms in total. The van der Waals surface area contributed by atoms with E-state index in [1.807, 2.05) is 0 Å². The molecule has 0 unspecified atom stereocenters. The summed E-state index contributed by atoms with van der Waals surface area (Å²) in [6, 6.07) is 0. The summed E-state index contributed by atoms with van der Waals surface area (Å²) in [6.45, 7) is 5.38. The van der Waals surface area contributed by atoms with Crippen molar-refractivity contribution in [2.45, 2.75) is 32.1 Å². The molecule has 0 aromatic rings. The Morgan fingerprint density at radius 3 is 3.00 bits per heavy atom. The first kappa shape index (κ1) is 6.60. The molecule has 0 aromatic carbocycles. The summed E-state index contributed by atoms with van der Waals surface area (Å²) in [5.41, 5.74) is 1.34. The van der Waals surface area contributed by atoms with Crippen LogP contribution in [0.2, 0.25) is 0 Å². The van der Waals surface area contributed by atoms with Gasteiger partial charge in [0.1, 0.15) is 0 Å². The van der Waals surface area contributed by atoms with Gasteiger partial charge in [-0.05, 0) is 25.7 Å². The van der Waals surface area contributed by atoms with Gasteiger partial charge in [-0.15, -0.1) is 0 Å². The van der Waals surface area contributed by atoms with Gasteiger partial charge in [0.15, 0.2) is 0 Å². The highest BCUT2D eigenvalue weighted by molar-refractivity contribution is 5.15. The minimum absolute atomic E-state index is 1.19. The van der Waals surface area contributed by atoms with Crippen LogP contribution in [0, 0.1) is 6.58 Å². The normalized spacial score (nSPS) is 20.2. The fourth-order valence-corrected chi connectivity index (χ4v) is 1.19. The lowest BCUT2D eigenvalue weighted by Gasteiger charge is -1.93. The van der Waals surface area contributed by atoms with Crippen molar-refractivity contribution in [3.63, 3.8) is 0 Å². The lowest BCUT2D eigenvalue weighted by atomic mass is 10.1. The summed E-state index contributed by atoms with van der Waals surface area (Å²) in [5.74, 6) is 0. The average Bonchev–Trinajstić information content (AvgIpc) is 2.13. The Morgan fingerprint density at radius 2 is 2.22 bits per heavy atom. The Bertz CT molecular complexity index is 120. The third-order valence-electron chi connectivity index (χ3n) is 1.79. The second-order valence-corrected chi connectivity index (χ2v) is 2.55. The van der Waals surface area contributed by atoms with E-state index < -0.39 is 0 Å². The predicted molar refractivity (Wildman–Crippen MR) is 40.0 cm³/mol. The molecule has 0 aliphatic heterocycles. The molecule has 9 heavy (non-hydrogen) atoms. The molecule has 0 heteroatoms. The van der Waals surface area contributed by atoms with Gasteiger partial charge in [0.2, 0.25) is 0 Å². The lowest BCUT2D eigenvalue weighted by Crippen LogP contribution is -1.73. The Kier molecular flexibility index (Phi) is 2.56. The predicted octanol–water partition coefficient (Wildman–Crippen LogP) is 2.87. The first-order valence-corrected chi connectivity index (χ1v) is 3.67. The highest BCUT2D eigenvalue weighted by atomic mass is 14.0. The second kappa shape index (κ2) is 3.49. The molecule has 1 rings (SSSR count). The molecule has 1 aliphatic carbocycles. The molecule has 0 fully saturated rings.